The van der Waals surface area contributed by atoms with E-state index in [0.717, 1.165) is 11.8 Å². The van der Waals surface area contributed by atoms with Gasteiger partial charge in [-0.2, -0.15) is 0 Å². The highest BCUT2D eigenvalue weighted by Gasteiger charge is 2.13. The highest BCUT2D eigenvalue weighted by atomic mass is 32.2. The van der Waals surface area contributed by atoms with Crippen molar-refractivity contribution in [1.29, 1.82) is 0 Å². The molecule has 8 heteroatoms. The van der Waals surface area contributed by atoms with Crippen LogP contribution in [-0.2, 0) is 26.4 Å². The molecule has 0 radical (unpaired) electrons. The molecule has 0 fully saturated rings. The zero-order valence-electron chi connectivity index (χ0n) is 9.96. The van der Waals surface area contributed by atoms with Gasteiger partial charge >= 0.3 is 0 Å². The largest absolute Gasteiger partial charge is 0.399 e. The zero-order chi connectivity index (χ0) is 13.8. The van der Waals surface area contributed by atoms with Crippen molar-refractivity contribution in [3.63, 3.8) is 0 Å². The van der Waals surface area contributed by atoms with E-state index in [1.54, 1.807) is 24.3 Å². The van der Waals surface area contributed by atoms with Crippen molar-refractivity contribution in [2.24, 2.45) is 0 Å². The topological polar surface area (TPSA) is 106 Å². The van der Waals surface area contributed by atoms with Gasteiger partial charge in [0.1, 0.15) is 9.84 Å². The average Bonchev–Trinajstić information content (AvgIpc) is 2.25. The van der Waals surface area contributed by atoms with E-state index in [-0.39, 0.29) is 12.3 Å². The molecule has 102 valence electrons. The van der Waals surface area contributed by atoms with Gasteiger partial charge in [-0.15, -0.1) is 0 Å². The fraction of sp³-hybridized carbons (Fsp3) is 0.400. The Balaban J connectivity index is 2.54. The molecule has 1 aromatic rings. The van der Waals surface area contributed by atoms with Gasteiger partial charge in [0.15, 0.2) is 0 Å². The molecule has 0 heterocycles. The molecule has 18 heavy (non-hydrogen) atoms. The Morgan fingerprint density at radius 1 is 1.06 bits per heavy atom. The molecule has 0 amide bonds. The second-order valence-corrected chi connectivity index (χ2v) is 8.20. The molecule has 3 N–H and O–H groups in total. The van der Waals surface area contributed by atoms with Crippen LogP contribution in [0.15, 0.2) is 24.3 Å². The average molecular weight is 292 g/mol. The third-order valence-corrected chi connectivity index (χ3v) is 4.73. The van der Waals surface area contributed by atoms with Crippen LogP contribution < -0.4 is 10.5 Å². The first-order chi connectivity index (χ1) is 8.18. The molecule has 0 saturated heterocycles. The van der Waals surface area contributed by atoms with Gasteiger partial charge in [-0.1, -0.05) is 12.1 Å². The molecular formula is C10H16N2O4S2. The van der Waals surface area contributed by atoms with Gasteiger partial charge in [0.25, 0.3) is 0 Å². The summed E-state index contributed by atoms with van der Waals surface area (Å²) in [5.74, 6) is -0.815. The molecule has 0 unspecified atom stereocenters. The first-order valence-corrected chi connectivity index (χ1v) is 8.89. The summed E-state index contributed by atoms with van der Waals surface area (Å²) in [6.07, 6.45) is 1.00. The number of nitrogen functional groups attached to an aromatic ring is 1. The van der Waals surface area contributed by atoms with Gasteiger partial charge < -0.3 is 5.73 Å². The maximum Gasteiger partial charge on any atom is 0.212 e. The lowest BCUT2D eigenvalue weighted by molar-refractivity contribution is 0.579. The van der Waals surface area contributed by atoms with E-state index in [1.165, 1.54) is 0 Å². The second-order valence-electron chi connectivity index (χ2n) is 4.01. The number of nitrogens with one attached hydrogen (secondary N) is 1. The molecule has 6 nitrogen and oxygen atoms in total. The quantitative estimate of drug-likeness (QED) is 0.702. The van der Waals surface area contributed by atoms with E-state index in [4.69, 9.17) is 5.73 Å². The number of sulfonamides is 1. The van der Waals surface area contributed by atoms with Crippen molar-refractivity contribution in [1.82, 2.24) is 4.72 Å². The van der Waals surface area contributed by atoms with Crippen molar-refractivity contribution in [2.75, 3.05) is 23.5 Å². The Hall–Kier alpha value is -1.12. The number of hydrogen-bond donors (Lipinski definition) is 2. The highest BCUT2D eigenvalue weighted by molar-refractivity contribution is 7.93. The van der Waals surface area contributed by atoms with E-state index in [1.807, 2.05) is 0 Å². The van der Waals surface area contributed by atoms with Crippen molar-refractivity contribution < 1.29 is 16.8 Å². The molecule has 0 saturated carbocycles. The summed E-state index contributed by atoms with van der Waals surface area (Å²) in [5.41, 5.74) is 6.85. The van der Waals surface area contributed by atoms with Crippen LogP contribution in [0.1, 0.15) is 5.56 Å². The molecular weight excluding hydrogens is 276 g/mol. The molecule has 0 aliphatic rings. The zero-order valence-corrected chi connectivity index (χ0v) is 11.6. The number of rotatable bonds is 6. The van der Waals surface area contributed by atoms with Crippen molar-refractivity contribution in [3.8, 4) is 0 Å². The maximum absolute atomic E-state index is 11.5. The lowest BCUT2D eigenvalue weighted by atomic mass is 10.2. The molecule has 0 bridgehead atoms. The Labute approximate surface area is 107 Å². The van der Waals surface area contributed by atoms with Crippen LogP contribution in [0, 0.1) is 0 Å². The van der Waals surface area contributed by atoms with Gasteiger partial charge in [-0.25, -0.2) is 21.6 Å². The smallest absolute Gasteiger partial charge is 0.212 e. The Morgan fingerprint density at radius 3 is 2.11 bits per heavy atom. The standard InChI is InChI=1S/C10H16N2O4S2/c1-17(13,14)6-7-18(15,16)12-8-9-2-4-10(11)5-3-9/h2-5,12H,6-8,11H2,1H3. The minimum Gasteiger partial charge on any atom is -0.399 e. The first-order valence-electron chi connectivity index (χ1n) is 5.17. The molecule has 1 aromatic carbocycles. The summed E-state index contributed by atoms with van der Waals surface area (Å²) in [4.78, 5) is 0. The fourth-order valence-electron chi connectivity index (χ4n) is 1.16. The number of nitrogens with two attached hydrogens (primary N) is 1. The summed E-state index contributed by atoms with van der Waals surface area (Å²) in [6, 6.07) is 6.74. The van der Waals surface area contributed by atoms with Crippen molar-refractivity contribution in [3.05, 3.63) is 29.8 Å². The third-order valence-electron chi connectivity index (χ3n) is 2.20. The summed E-state index contributed by atoms with van der Waals surface area (Å²) in [5, 5.41) is 0. The van der Waals surface area contributed by atoms with Crippen LogP contribution in [-0.4, -0.2) is 34.6 Å². The number of benzene rings is 1. The van der Waals surface area contributed by atoms with Crippen LogP contribution in [0.4, 0.5) is 5.69 Å². The molecule has 0 aliphatic heterocycles. The first kappa shape index (κ1) is 14.9. The van der Waals surface area contributed by atoms with Gasteiger partial charge in [-0.05, 0) is 17.7 Å². The maximum atomic E-state index is 11.5. The van der Waals surface area contributed by atoms with Crippen molar-refractivity contribution in [2.45, 2.75) is 6.54 Å². The number of anilines is 1. The number of sulfone groups is 1. The molecule has 0 atom stereocenters. The van der Waals surface area contributed by atoms with Crippen LogP contribution in [0.3, 0.4) is 0 Å². The third kappa shape index (κ3) is 5.99. The van der Waals surface area contributed by atoms with E-state index in [9.17, 15) is 16.8 Å². The van der Waals surface area contributed by atoms with Gasteiger partial charge in [0, 0.05) is 18.5 Å². The Morgan fingerprint density at radius 2 is 1.61 bits per heavy atom. The molecule has 1 rings (SSSR count). The summed E-state index contributed by atoms with van der Waals surface area (Å²) < 4.78 is 47.1. The molecule has 0 aliphatic carbocycles. The molecule has 0 aromatic heterocycles. The van der Waals surface area contributed by atoms with Crippen LogP contribution >= 0.6 is 0 Å². The lowest BCUT2D eigenvalue weighted by Crippen LogP contribution is -2.29. The summed E-state index contributed by atoms with van der Waals surface area (Å²) >= 11 is 0. The van der Waals surface area contributed by atoms with Gasteiger partial charge in [0.05, 0.1) is 11.5 Å². The van der Waals surface area contributed by atoms with E-state index >= 15 is 0 Å². The van der Waals surface area contributed by atoms with Gasteiger partial charge in [-0.3, -0.25) is 0 Å². The number of hydrogen-bond acceptors (Lipinski definition) is 5. The second kappa shape index (κ2) is 5.68. The molecule has 0 spiro atoms. The predicted molar refractivity (Wildman–Crippen MR) is 71.2 cm³/mol. The predicted octanol–water partition coefficient (Wildman–Crippen LogP) is -0.267. The summed E-state index contributed by atoms with van der Waals surface area (Å²) in [6.45, 7) is 0.117. The highest BCUT2D eigenvalue weighted by Crippen LogP contribution is 2.05. The van der Waals surface area contributed by atoms with E-state index in [0.29, 0.717) is 5.69 Å². The van der Waals surface area contributed by atoms with Crippen molar-refractivity contribution >= 4 is 25.5 Å². The SMILES string of the molecule is CS(=O)(=O)CCS(=O)(=O)NCc1ccc(N)cc1. The minimum absolute atomic E-state index is 0.117. The van der Waals surface area contributed by atoms with E-state index in [2.05, 4.69) is 4.72 Å². The normalized spacial score (nSPS) is 12.5. The van der Waals surface area contributed by atoms with Crippen LogP contribution in [0.2, 0.25) is 0 Å². The Kier molecular flexibility index (Phi) is 4.71. The fourth-order valence-corrected chi connectivity index (χ4v) is 3.78. The lowest BCUT2D eigenvalue weighted by Gasteiger charge is -2.06. The van der Waals surface area contributed by atoms with Crippen LogP contribution in [0.5, 0.6) is 0 Å². The van der Waals surface area contributed by atoms with Crippen LogP contribution in [0.25, 0.3) is 0 Å². The van der Waals surface area contributed by atoms with E-state index < -0.39 is 25.6 Å². The Bertz CT molecular complexity index is 591. The monoisotopic (exact) mass is 292 g/mol. The minimum atomic E-state index is -3.58. The summed E-state index contributed by atoms with van der Waals surface area (Å²) in [7, 11) is -6.87. The van der Waals surface area contributed by atoms with Gasteiger partial charge in [0.2, 0.25) is 10.0 Å².